The number of furan rings is 1. The van der Waals surface area contributed by atoms with E-state index in [4.69, 9.17) is 14.9 Å². The molecule has 1 aromatic heterocycles. The van der Waals surface area contributed by atoms with E-state index in [-0.39, 0.29) is 31.0 Å². The number of methoxy groups -OCH3 is 1. The van der Waals surface area contributed by atoms with E-state index >= 15 is 0 Å². The van der Waals surface area contributed by atoms with Crippen LogP contribution in [0.1, 0.15) is 32.0 Å². The molecule has 1 atom stereocenters. The lowest BCUT2D eigenvalue weighted by Crippen LogP contribution is -2.53. The Morgan fingerprint density at radius 3 is 2.43 bits per heavy atom. The third-order valence-electron chi connectivity index (χ3n) is 5.92. The molecule has 1 saturated heterocycles. The molecule has 37 heavy (non-hydrogen) atoms. The maximum absolute atomic E-state index is 13.4. The van der Waals surface area contributed by atoms with E-state index in [1.54, 1.807) is 18.2 Å². The first kappa shape index (κ1) is 25.4. The van der Waals surface area contributed by atoms with E-state index < -0.39 is 34.7 Å². The first-order valence-electron chi connectivity index (χ1n) is 11.4. The molecule has 2 aromatic carbocycles. The quantitative estimate of drug-likeness (QED) is 0.345. The number of rotatable bonds is 8. The molecule has 0 saturated carbocycles. The zero-order chi connectivity index (χ0) is 26.5. The molecule has 12 heteroatoms. The molecule has 192 valence electrons. The predicted molar refractivity (Wildman–Crippen MR) is 130 cm³/mol. The van der Waals surface area contributed by atoms with Gasteiger partial charge in [0.2, 0.25) is 0 Å². The smallest absolute Gasteiger partial charge is 0.433 e. The molecule has 3 amide bonds. The Balaban J connectivity index is 1.61. The van der Waals surface area contributed by atoms with Crippen LogP contribution >= 0.6 is 0 Å². The highest BCUT2D eigenvalue weighted by molar-refractivity contribution is 6.01. The summed E-state index contributed by atoms with van der Waals surface area (Å²) in [6.07, 6.45) is -1.31. The molecular formula is C25H25N5O7. The van der Waals surface area contributed by atoms with Gasteiger partial charge in [-0.3, -0.25) is 24.5 Å². The number of benzene rings is 2. The second kappa shape index (κ2) is 10.9. The van der Waals surface area contributed by atoms with E-state index in [0.29, 0.717) is 12.3 Å². The Labute approximate surface area is 211 Å². The maximum Gasteiger partial charge on any atom is 0.433 e. The van der Waals surface area contributed by atoms with Crippen molar-refractivity contribution >= 4 is 23.6 Å². The van der Waals surface area contributed by atoms with Crippen LogP contribution in [0, 0.1) is 10.1 Å². The van der Waals surface area contributed by atoms with E-state index in [1.165, 1.54) is 24.1 Å². The fraction of sp³-hybridized carbons (Fsp3) is 0.240. The van der Waals surface area contributed by atoms with E-state index in [2.05, 4.69) is 5.32 Å². The number of amides is 3. The van der Waals surface area contributed by atoms with Crippen molar-refractivity contribution in [1.29, 1.82) is 0 Å². The first-order valence-corrected chi connectivity index (χ1v) is 11.4. The highest BCUT2D eigenvalue weighted by Crippen LogP contribution is 2.25. The summed E-state index contributed by atoms with van der Waals surface area (Å²) in [5.41, 5.74) is 7.65. The van der Waals surface area contributed by atoms with E-state index in [9.17, 15) is 24.5 Å². The average Bonchev–Trinajstić information content (AvgIpc) is 3.59. The number of ether oxygens (including phenoxy) is 1. The van der Waals surface area contributed by atoms with Crippen LogP contribution in [0.3, 0.4) is 0 Å². The second-order valence-corrected chi connectivity index (χ2v) is 8.24. The molecule has 3 N–H and O–H groups in total. The summed E-state index contributed by atoms with van der Waals surface area (Å²) in [6, 6.07) is 16.0. The Morgan fingerprint density at radius 1 is 1.05 bits per heavy atom. The minimum absolute atomic E-state index is 0.0176. The van der Waals surface area contributed by atoms with Crippen LogP contribution in [-0.2, 0) is 17.9 Å². The van der Waals surface area contributed by atoms with Crippen LogP contribution in [0.5, 0.6) is 5.75 Å². The van der Waals surface area contributed by atoms with Crippen molar-refractivity contribution in [3.05, 3.63) is 93.2 Å². The van der Waals surface area contributed by atoms with Crippen LogP contribution < -0.4 is 15.8 Å². The molecule has 0 aliphatic carbocycles. The highest BCUT2D eigenvalue weighted by Gasteiger charge is 2.44. The second-order valence-electron chi connectivity index (χ2n) is 8.24. The van der Waals surface area contributed by atoms with Gasteiger partial charge in [-0.1, -0.05) is 30.3 Å². The molecule has 1 fully saturated rings. The minimum Gasteiger partial charge on any atom is -0.497 e. The molecule has 1 unspecified atom stereocenters. The number of nitrogens with two attached hydrogens (primary N) is 1. The minimum atomic E-state index is -1.31. The van der Waals surface area contributed by atoms with Gasteiger partial charge in [0, 0.05) is 31.7 Å². The lowest BCUT2D eigenvalue weighted by atomic mass is 10.1. The van der Waals surface area contributed by atoms with Gasteiger partial charge < -0.3 is 30.0 Å². The molecule has 0 spiro atoms. The summed E-state index contributed by atoms with van der Waals surface area (Å²) in [5, 5.41) is 13.8. The van der Waals surface area contributed by atoms with Gasteiger partial charge in [0.25, 0.3) is 17.7 Å². The van der Waals surface area contributed by atoms with Crippen molar-refractivity contribution < 1.29 is 28.5 Å². The number of nitro groups is 1. The molecule has 2 heterocycles. The lowest BCUT2D eigenvalue weighted by molar-refractivity contribution is -0.402. The standard InChI is InChI=1S/C25H25N5O7/c1-36-19-7-3-6-18(13-19)24(32)28-10-11-29(25(33)20-8-9-21(37-20)30(34)35)23(28)22(31)27-15-17-5-2-4-16(12-17)14-26/h2-9,12-13,23H,10-11,14-15,26H2,1H3,(H,27,31). The van der Waals surface area contributed by atoms with Gasteiger partial charge >= 0.3 is 5.88 Å². The van der Waals surface area contributed by atoms with Gasteiger partial charge in [-0.2, -0.15) is 0 Å². The Kier molecular flexibility index (Phi) is 7.49. The van der Waals surface area contributed by atoms with Gasteiger partial charge in [-0.15, -0.1) is 0 Å². The lowest BCUT2D eigenvalue weighted by Gasteiger charge is -2.28. The topological polar surface area (TPSA) is 161 Å². The van der Waals surface area contributed by atoms with Crippen molar-refractivity contribution in [2.45, 2.75) is 19.3 Å². The van der Waals surface area contributed by atoms with Crippen LogP contribution in [0.2, 0.25) is 0 Å². The van der Waals surface area contributed by atoms with Crippen LogP contribution in [0.4, 0.5) is 5.88 Å². The van der Waals surface area contributed by atoms with Crippen LogP contribution in [0.15, 0.2) is 65.1 Å². The van der Waals surface area contributed by atoms with Crippen molar-refractivity contribution in [2.75, 3.05) is 20.2 Å². The fourth-order valence-corrected chi connectivity index (χ4v) is 4.09. The van der Waals surface area contributed by atoms with Crippen molar-refractivity contribution in [3.8, 4) is 5.75 Å². The fourth-order valence-electron chi connectivity index (χ4n) is 4.09. The molecular weight excluding hydrogens is 482 g/mol. The molecule has 0 bridgehead atoms. The van der Waals surface area contributed by atoms with Gasteiger partial charge in [0.1, 0.15) is 10.7 Å². The van der Waals surface area contributed by atoms with Gasteiger partial charge in [-0.05, 0) is 35.4 Å². The SMILES string of the molecule is COc1cccc(C(=O)N2CCN(C(=O)c3ccc([N+](=O)[O-])o3)C2C(=O)NCc2cccc(CN)c2)c1. The molecule has 1 aliphatic heterocycles. The van der Waals surface area contributed by atoms with E-state index in [1.807, 2.05) is 24.3 Å². The van der Waals surface area contributed by atoms with Crippen LogP contribution in [0.25, 0.3) is 0 Å². The summed E-state index contributed by atoms with van der Waals surface area (Å²) >= 11 is 0. The Hall–Kier alpha value is -4.71. The normalized spacial score (nSPS) is 14.9. The van der Waals surface area contributed by atoms with Gasteiger partial charge in [0.05, 0.1) is 13.2 Å². The molecule has 0 radical (unpaired) electrons. The highest BCUT2D eigenvalue weighted by atomic mass is 16.6. The first-order chi connectivity index (χ1) is 17.8. The summed E-state index contributed by atoms with van der Waals surface area (Å²) < 4.78 is 10.3. The zero-order valence-electron chi connectivity index (χ0n) is 20.0. The summed E-state index contributed by atoms with van der Waals surface area (Å²) in [6.45, 7) is 0.554. The van der Waals surface area contributed by atoms with Gasteiger partial charge in [-0.25, -0.2) is 0 Å². The largest absolute Gasteiger partial charge is 0.497 e. The maximum atomic E-state index is 13.4. The van der Waals surface area contributed by atoms with Crippen molar-refractivity contribution in [1.82, 2.24) is 15.1 Å². The monoisotopic (exact) mass is 507 g/mol. The number of hydrogen-bond acceptors (Lipinski definition) is 8. The molecule has 3 aromatic rings. The number of hydrogen-bond donors (Lipinski definition) is 2. The summed E-state index contributed by atoms with van der Waals surface area (Å²) in [4.78, 5) is 52.7. The average molecular weight is 508 g/mol. The number of nitrogens with zero attached hydrogens (tertiary/aromatic N) is 3. The molecule has 1 aliphatic rings. The Morgan fingerprint density at radius 2 is 1.76 bits per heavy atom. The number of nitrogens with one attached hydrogen (secondary N) is 1. The molecule has 4 rings (SSSR count). The van der Waals surface area contributed by atoms with Gasteiger partial charge in [0.15, 0.2) is 11.9 Å². The number of carbonyl (C=O) groups is 3. The van der Waals surface area contributed by atoms with Crippen molar-refractivity contribution in [3.63, 3.8) is 0 Å². The zero-order valence-corrected chi connectivity index (χ0v) is 20.0. The predicted octanol–water partition coefficient (Wildman–Crippen LogP) is 1.90. The van der Waals surface area contributed by atoms with Crippen LogP contribution in [-0.4, -0.2) is 58.8 Å². The Bertz CT molecular complexity index is 1340. The summed E-state index contributed by atoms with van der Waals surface area (Å²) in [7, 11) is 1.47. The summed E-state index contributed by atoms with van der Waals surface area (Å²) in [5.74, 6) is -2.28. The third-order valence-corrected chi connectivity index (χ3v) is 5.92. The van der Waals surface area contributed by atoms with E-state index in [0.717, 1.165) is 22.1 Å². The van der Waals surface area contributed by atoms with Crippen molar-refractivity contribution in [2.24, 2.45) is 5.73 Å². The number of carbonyl (C=O) groups excluding carboxylic acids is 3. The third kappa shape index (κ3) is 5.43. The molecule has 12 nitrogen and oxygen atoms in total.